The third kappa shape index (κ3) is 1.92. The molecule has 0 atom stereocenters. The van der Waals surface area contributed by atoms with E-state index in [-0.39, 0.29) is 5.56 Å². The van der Waals surface area contributed by atoms with E-state index in [1.54, 1.807) is 6.07 Å². The molecule has 0 amide bonds. The predicted octanol–water partition coefficient (Wildman–Crippen LogP) is 1.40. The normalized spacial score (nSPS) is 9.69. The zero-order valence-electron chi connectivity index (χ0n) is 7.00. The first-order valence-electron chi connectivity index (χ1n) is 3.49. The number of ether oxygens (including phenoxy) is 1. The Kier molecular flexibility index (Phi) is 2.77. The third-order valence-corrected chi connectivity index (χ3v) is 2.26. The number of methoxy groups -OCH3 is 1. The van der Waals surface area contributed by atoms with Gasteiger partial charge in [-0.1, -0.05) is 0 Å². The van der Waals surface area contributed by atoms with Gasteiger partial charge in [-0.15, -0.1) is 0 Å². The van der Waals surface area contributed by atoms with Crippen LogP contribution in [0.15, 0.2) is 16.6 Å². The Hall–Kier alpha value is -1.23. The first kappa shape index (κ1) is 9.85. The van der Waals surface area contributed by atoms with Crippen molar-refractivity contribution >= 4 is 33.3 Å². The number of rotatable bonds is 1. The largest absolute Gasteiger partial charge is 0.465 e. The second kappa shape index (κ2) is 3.66. The van der Waals surface area contributed by atoms with Gasteiger partial charge in [-0.25, -0.2) is 4.79 Å². The number of hydrogen-bond acceptors (Lipinski definition) is 4. The fourth-order valence-corrected chi connectivity index (χ4v) is 1.25. The van der Waals surface area contributed by atoms with Crippen molar-refractivity contribution in [2.24, 2.45) is 0 Å². The molecule has 5 heteroatoms. The second-order valence-corrected chi connectivity index (χ2v) is 3.31. The average molecular weight is 245 g/mol. The summed E-state index contributed by atoms with van der Waals surface area (Å²) in [6.07, 6.45) is 0. The number of benzene rings is 1. The van der Waals surface area contributed by atoms with Crippen molar-refractivity contribution in [3.05, 3.63) is 22.2 Å². The number of nitrogens with two attached hydrogens (primary N) is 2. The number of esters is 1. The fourth-order valence-electron chi connectivity index (χ4n) is 0.892. The van der Waals surface area contributed by atoms with Crippen LogP contribution in [0.3, 0.4) is 0 Å². The highest BCUT2D eigenvalue weighted by atomic mass is 79.9. The highest BCUT2D eigenvalue weighted by molar-refractivity contribution is 9.10. The molecule has 0 saturated carbocycles. The molecule has 0 heterocycles. The van der Waals surface area contributed by atoms with Gasteiger partial charge in [0.1, 0.15) is 0 Å². The van der Waals surface area contributed by atoms with Crippen LogP contribution in [0.5, 0.6) is 0 Å². The Bertz CT molecular complexity index is 352. The lowest BCUT2D eigenvalue weighted by molar-refractivity contribution is 0.0602. The summed E-state index contributed by atoms with van der Waals surface area (Å²) >= 11 is 3.19. The minimum Gasteiger partial charge on any atom is -0.465 e. The van der Waals surface area contributed by atoms with E-state index in [1.807, 2.05) is 0 Å². The number of carbonyl (C=O) groups is 1. The summed E-state index contributed by atoms with van der Waals surface area (Å²) in [5, 5.41) is 0. The first-order chi connectivity index (χ1) is 6.06. The Morgan fingerprint density at radius 2 is 2.00 bits per heavy atom. The van der Waals surface area contributed by atoms with Crippen LogP contribution >= 0.6 is 15.9 Å². The van der Waals surface area contributed by atoms with Crippen molar-refractivity contribution < 1.29 is 9.53 Å². The van der Waals surface area contributed by atoms with Gasteiger partial charge in [-0.3, -0.25) is 0 Å². The molecule has 0 unspecified atom stereocenters. The van der Waals surface area contributed by atoms with Crippen LogP contribution in [0.1, 0.15) is 10.4 Å². The molecule has 0 aromatic heterocycles. The van der Waals surface area contributed by atoms with Gasteiger partial charge >= 0.3 is 5.97 Å². The molecule has 0 bridgehead atoms. The van der Waals surface area contributed by atoms with E-state index in [9.17, 15) is 4.79 Å². The van der Waals surface area contributed by atoms with Crippen LogP contribution in [0, 0.1) is 0 Å². The molecule has 13 heavy (non-hydrogen) atoms. The van der Waals surface area contributed by atoms with E-state index in [4.69, 9.17) is 11.5 Å². The molecule has 1 rings (SSSR count). The summed E-state index contributed by atoms with van der Waals surface area (Å²) in [7, 11) is 1.29. The average Bonchev–Trinajstić information content (AvgIpc) is 2.10. The lowest BCUT2D eigenvalue weighted by Crippen LogP contribution is -2.06. The summed E-state index contributed by atoms with van der Waals surface area (Å²) in [4.78, 5) is 11.1. The van der Waals surface area contributed by atoms with Crippen molar-refractivity contribution in [1.82, 2.24) is 0 Å². The molecule has 0 aliphatic carbocycles. The summed E-state index contributed by atoms with van der Waals surface area (Å²) in [5.41, 5.74) is 12.2. The van der Waals surface area contributed by atoms with E-state index in [0.29, 0.717) is 15.8 Å². The van der Waals surface area contributed by atoms with Crippen LogP contribution in [-0.2, 0) is 4.74 Å². The van der Waals surface area contributed by atoms with Crippen molar-refractivity contribution in [2.75, 3.05) is 18.6 Å². The Labute approximate surface area is 84.0 Å². The number of halogens is 1. The molecule has 0 spiro atoms. The van der Waals surface area contributed by atoms with Gasteiger partial charge in [0.25, 0.3) is 0 Å². The Balaban J connectivity index is 3.23. The van der Waals surface area contributed by atoms with Crippen molar-refractivity contribution in [2.45, 2.75) is 0 Å². The molecule has 0 aliphatic heterocycles. The van der Waals surface area contributed by atoms with E-state index >= 15 is 0 Å². The number of nitrogen functional groups attached to an aromatic ring is 2. The number of hydrogen-bond donors (Lipinski definition) is 2. The molecule has 0 saturated heterocycles. The van der Waals surface area contributed by atoms with Crippen LogP contribution in [0.4, 0.5) is 11.4 Å². The SMILES string of the molecule is COC(=O)c1cc(N)c(Br)cc1N. The molecule has 0 aliphatic rings. The molecule has 1 aromatic rings. The van der Waals surface area contributed by atoms with E-state index in [2.05, 4.69) is 20.7 Å². The highest BCUT2D eigenvalue weighted by Gasteiger charge is 2.11. The quantitative estimate of drug-likeness (QED) is 0.579. The molecule has 0 fully saturated rings. The molecule has 1 aromatic carbocycles. The fraction of sp³-hybridized carbons (Fsp3) is 0.125. The lowest BCUT2D eigenvalue weighted by Gasteiger charge is -2.05. The Morgan fingerprint density at radius 3 is 2.54 bits per heavy atom. The molecule has 70 valence electrons. The number of anilines is 2. The van der Waals surface area contributed by atoms with Gasteiger partial charge in [0.2, 0.25) is 0 Å². The van der Waals surface area contributed by atoms with Crippen LogP contribution in [0.2, 0.25) is 0 Å². The lowest BCUT2D eigenvalue weighted by atomic mass is 10.1. The Morgan fingerprint density at radius 1 is 1.38 bits per heavy atom. The maximum atomic E-state index is 11.1. The van der Waals surface area contributed by atoms with E-state index in [0.717, 1.165) is 0 Å². The summed E-state index contributed by atoms with van der Waals surface area (Å²) in [6, 6.07) is 3.05. The zero-order chi connectivity index (χ0) is 10.0. The molecule has 0 radical (unpaired) electrons. The second-order valence-electron chi connectivity index (χ2n) is 2.45. The summed E-state index contributed by atoms with van der Waals surface area (Å²) < 4.78 is 5.19. The molecule has 4 nitrogen and oxygen atoms in total. The monoisotopic (exact) mass is 244 g/mol. The predicted molar refractivity (Wildman–Crippen MR) is 54.3 cm³/mol. The van der Waals surface area contributed by atoms with Crippen molar-refractivity contribution in [3.63, 3.8) is 0 Å². The van der Waals surface area contributed by atoms with Gasteiger partial charge in [0.05, 0.1) is 12.7 Å². The van der Waals surface area contributed by atoms with Gasteiger partial charge in [-0.05, 0) is 28.1 Å². The summed E-state index contributed by atoms with van der Waals surface area (Å²) in [5.74, 6) is -0.489. The van der Waals surface area contributed by atoms with Gasteiger partial charge in [0, 0.05) is 15.8 Å². The topological polar surface area (TPSA) is 78.3 Å². The molecule has 4 N–H and O–H groups in total. The van der Waals surface area contributed by atoms with Crippen molar-refractivity contribution in [1.29, 1.82) is 0 Å². The van der Waals surface area contributed by atoms with Crippen LogP contribution < -0.4 is 11.5 Å². The minimum absolute atomic E-state index is 0.281. The molecular formula is C8H9BrN2O2. The van der Waals surface area contributed by atoms with Crippen molar-refractivity contribution in [3.8, 4) is 0 Å². The van der Waals surface area contributed by atoms with Gasteiger partial charge in [0.15, 0.2) is 0 Å². The minimum atomic E-state index is -0.489. The van der Waals surface area contributed by atoms with Gasteiger partial charge in [-0.2, -0.15) is 0 Å². The smallest absolute Gasteiger partial charge is 0.340 e. The van der Waals surface area contributed by atoms with E-state index in [1.165, 1.54) is 13.2 Å². The van der Waals surface area contributed by atoms with E-state index < -0.39 is 5.97 Å². The third-order valence-electron chi connectivity index (χ3n) is 1.57. The highest BCUT2D eigenvalue weighted by Crippen LogP contribution is 2.25. The van der Waals surface area contributed by atoms with Gasteiger partial charge < -0.3 is 16.2 Å². The maximum absolute atomic E-state index is 11.1. The van der Waals surface area contributed by atoms with Crippen LogP contribution in [0.25, 0.3) is 0 Å². The number of carbonyl (C=O) groups excluding carboxylic acids is 1. The first-order valence-corrected chi connectivity index (χ1v) is 4.28. The zero-order valence-corrected chi connectivity index (χ0v) is 8.59. The molecular weight excluding hydrogens is 236 g/mol. The van der Waals surface area contributed by atoms with Crippen LogP contribution in [-0.4, -0.2) is 13.1 Å². The standard InChI is InChI=1S/C8H9BrN2O2/c1-13-8(12)4-2-7(11)5(9)3-6(4)10/h2-3H,10-11H2,1H3. The summed E-state index contributed by atoms with van der Waals surface area (Å²) in [6.45, 7) is 0. The maximum Gasteiger partial charge on any atom is 0.340 e.